The molecule has 0 N–H and O–H groups in total. The third-order valence-corrected chi connectivity index (χ3v) is 5.41. The summed E-state index contributed by atoms with van der Waals surface area (Å²) in [5, 5.41) is 1.14. The molecule has 1 aromatic carbocycles. The molecule has 1 nitrogen and oxygen atoms in total. The Morgan fingerprint density at radius 1 is 1.06 bits per heavy atom. The first kappa shape index (κ1) is 13.9. The lowest BCUT2D eigenvalue weighted by Gasteiger charge is -2.36. The molecule has 0 atom stereocenters. The molecule has 100 valence electrons. The quantitative estimate of drug-likeness (QED) is 0.567. The van der Waals surface area contributed by atoms with Gasteiger partial charge in [-0.25, -0.2) is 0 Å². The average Bonchev–Trinajstić information content (AvgIpc) is 2.66. The molecule has 0 saturated heterocycles. The molecule has 2 heteroatoms. The van der Waals surface area contributed by atoms with Gasteiger partial charge in [-0.15, -0.1) is 0 Å². The Morgan fingerprint density at radius 2 is 1.67 bits per heavy atom. The highest BCUT2D eigenvalue weighted by Crippen LogP contribution is 2.38. The number of halogens is 1. The fourth-order valence-corrected chi connectivity index (χ4v) is 3.83. The van der Waals surface area contributed by atoms with E-state index in [-0.39, 0.29) is 0 Å². The van der Waals surface area contributed by atoms with E-state index in [2.05, 4.69) is 58.2 Å². The topological polar surface area (TPSA) is 3.24 Å². The number of nitrogens with zero attached hydrogens (tertiary/aromatic N) is 1. The van der Waals surface area contributed by atoms with Crippen LogP contribution in [-0.2, 0) is 0 Å². The van der Waals surface area contributed by atoms with Crippen molar-refractivity contribution >= 4 is 21.6 Å². The lowest BCUT2D eigenvalue weighted by molar-refractivity contribution is 0.295. The monoisotopic (exact) mass is 309 g/mol. The summed E-state index contributed by atoms with van der Waals surface area (Å²) in [6, 6.07) is 10.7. The first-order valence-corrected chi connectivity index (χ1v) is 8.20. The molecule has 18 heavy (non-hydrogen) atoms. The third kappa shape index (κ3) is 3.50. The summed E-state index contributed by atoms with van der Waals surface area (Å²) in [5.41, 5.74) is 1.81. The van der Waals surface area contributed by atoms with Gasteiger partial charge < -0.3 is 4.90 Å². The van der Waals surface area contributed by atoms with Crippen molar-refractivity contribution in [3.8, 4) is 0 Å². The summed E-state index contributed by atoms with van der Waals surface area (Å²) in [5.74, 6) is 0. The summed E-state index contributed by atoms with van der Waals surface area (Å²) in [6.07, 6.45) is 8.38. The molecule has 0 unspecified atom stereocenters. The summed E-state index contributed by atoms with van der Waals surface area (Å²) < 4.78 is 0. The van der Waals surface area contributed by atoms with E-state index in [1.54, 1.807) is 0 Å². The van der Waals surface area contributed by atoms with Gasteiger partial charge >= 0.3 is 0 Å². The van der Waals surface area contributed by atoms with Crippen molar-refractivity contribution in [2.45, 2.75) is 38.5 Å². The highest BCUT2D eigenvalue weighted by atomic mass is 79.9. The zero-order valence-corrected chi connectivity index (χ0v) is 13.0. The minimum atomic E-state index is 0.473. The number of para-hydroxylation sites is 1. The van der Waals surface area contributed by atoms with Gasteiger partial charge in [-0.3, -0.25) is 0 Å². The number of hydrogen-bond acceptors (Lipinski definition) is 1. The lowest BCUT2D eigenvalue weighted by atomic mass is 9.82. The Bertz CT molecular complexity index is 341. The second-order valence-corrected chi connectivity index (χ2v) is 6.30. The van der Waals surface area contributed by atoms with E-state index in [0.717, 1.165) is 5.33 Å². The van der Waals surface area contributed by atoms with Gasteiger partial charge in [-0.1, -0.05) is 59.8 Å². The third-order valence-electron chi connectivity index (χ3n) is 4.22. The highest BCUT2D eigenvalue weighted by molar-refractivity contribution is 9.09. The summed E-state index contributed by atoms with van der Waals surface area (Å²) in [4.78, 5) is 2.42. The number of alkyl halides is 1. The van der Waals surface area contributed by atoms with Crippen LogP contribution in [0.25, 0.3) is 0 Å². The van der Waals surface area contributed by atoms with E-state index in [9.17, 15) is 0 Å². The highest BCUT2D eigenvalue weighted by Gasteiger charge is 2.31. The Kier molecular flexibility index (Phi) is 5.11. The van der Waals surface area contributed by atoms with Gasteiger partial charge in [-0.05, 0) is 30.4 Å². The molecule has 0 amide bonds. The maximum absolute atomic E-state index is 3.78. The molecule has 0 spiro atoms. The van der Waals surface area contributed by atoms with Crippen LogP contribution in [0.5, 0.6) is 0 Å². The SMILES string of the molecule is CN(CC1(CBr)CCCCCC1)c1ccccc1. The van der Waals surface area contributed by atoms with Crippen molar-refractivity contribution in [1.82, 2.24) is 0 Å². The molecular formula is C16H24BrN. The molecule has 1 aliphatic rings. The van der Waals surface area contributed by atoms with Crippen LogP contribution in [0.4, 0.5) is 5.69 Å². The molecule has 0 heterocycles. The van der Waals surface area contributed by atoms with E-state index in [1.807, 2.05) is 0 Å². The molecule has 1 aromatic rings. The molecule has 1 saturated carbocycles. The van der Waals surface area contributed by atoms with Crippen molar-refractivity contribution in [3.05, 3.63) is 30.3 Å². The minimum Gasteiger partial charge on any atom is -0.374 e. The van der Waals surface area contributed by atoms with Crippen molar-refractivity contribution in [2.24, 2.45) is 5.41 Å². The first-order valence-electron chi connectivity index (χ1n) is 7.08. The predicted octanol–water partition coefficient (Wildman–Crippen LogP) is 4.86. The van der Waals surface area contributed by atoms with Gasteiger partial charge in [0.25, 0.3) is 0 Å². The van der Waals surface area contributed by atoms with Crippen molar-refractivity contribution in [2.75, 3.05) is 23.8 Å². The molecule has 1 fully saturated rings. The fraction of sp³-hybridized carbons (Fsp3) is 0.625. The maximum atomic E-state index is 3.78. The molecule has 0 radical (unpaired) electrons. The van der Waals surface area contributed by atoms with E-state index in [4.69, 9.17) is 0 Å². The van der Waals surface area contributed by atoms with Gasteiger partial charge in [0.05, 0.1) is 0 Å². The average molecular weight is 310 g/mol. The van der Waals surface area contributed by atoms with Crippen molar-refractivity contribution < 1.29 is 0 Å². The number of anilines is 1. The predicted molar refractivity (Wildman–Crippen MR) is 83.6 cm³/mol. The van der Waals surface area contributed by atoms with Gasteiger partial charge in [0.2, 0.25) is 0 Å². The Morgan fingerprint density at radius 3 is 2.22 bits per heavy atom. The van der Waals surface area contributed by atoms with Crippen LogP contribution in [0, 0.1) is 5.41 Å². The van der Waals surface area contributed by atoms with Crippen LogP contribution in [0.1, 0.15) is 38.5 Å². The normalized spacial score (nSPS) is 19.2. The van der Waals surface area contributed by atoms with E-state index >= 15 is 0 Å². The van der Waals surface area contributed by atoms with E-state index < -0.39 is 0 Å². The number of benzene rings is 1. The van der Waals surface area contributed by atoms with Gasteiger partial charge in [-0.2, -0.15) is 0 Å². The first-order chi connectivity index (χ1) is 8.76. The van der Waals surface area contributed by atoms with Gasteiger partial charge in [0.1, 0.15) is 0 Å². The molecular weight excluding hydrogens is 286 g/mol. The number of rotatable bonds is 4. The van der Waals surface area contributed by atoms with E-state index in [0.29, 0.717) is 5.41 Å². The van der Waals surface area contributed by atoms with Crippen LogP contribution >= 0.6 is 15.9 Å². The van der Waals surface area contributed by atoms with Crippen LogP contribution in [0.3, 0.4) is 0 Å². The van der Waals surface area contributed by atoms with Crippen molar-refractivity contribution in [1.29, 1.82) is 0 Å². The summed E-state index contributed by atoms with van der Waals surface area (Å²) in [6.45, 7) is 1.17. The molecule has 0 aromatic heterocycles. The van der Waals surface area contributed by atoms with E-state index in [1.165, 1.54) is 50.8 Å². The fourth-order valence-electron chi connectivity index (χ4n) is 3.09. The van der Waals surface area contributed by atoms with Gasteiger partial charge in [0.15, 0.2) is 0 Å². The largest absolute Gasteiger partial charge is 0.374 e. The molecule has 1 aliphatic carbocycles. The zero-order chi connectivity index (χ0) is 12.8. The Balaban J connectivity index is 2.05. The summed E-state index contributed by atoms with van der Waals surface area (Å²) in [7, 11) is 2.23. The van der Waals surface area contributed by atoms with Crippen molar-refractivity contribution in [3.63, 3.8) is 0 Å². The number of hydrogen-bond donors (Lipinski definition) is 0. The zero-order valence-electron chi connectivity index (χ0n) is 11.4. The second kappa shape index (κ2) is 6.60. The lowest BCUT2D eigenvalue weighted by Crippen LogP contribution is -2.36. The Hall–Kier alpha value is -0.500. The molecule has 0 aliphatic heterocycles. The van der Waals surface area contributed by atoms with Crippen LogP contribution in [0.15, 0.2) is 30.3 Å². The maximum Gasteiger partial charge on any atom is 0.0363 e. The second-order valence-electron chi connectivity index (χ2n) is 5.74. The minimum absolute atomic E-state index is 0.473. The standard InChI is InChI=1S/C16H24BrN/c1-18(15-9-5-4-6-10-15)14-16(13-17)11-7-2-3-8-12-16/h4-6,9-10H,2-3,7-8,11-14H2,1H3. The Labute approximate surface area is 120 Å². The van der Waals surface area contributed by atoms with Gasteiger partial charge in [0, 0.05) is 24.6 Å². The van der Waals surface area contributed by atoms with Crippen LogP contribution in [-0.4, -0.2) is 18.9 Å². The summed E-state index contributed by atoms with van der Waals surface area (Å²) >= 11 is 3.78. The van der Waals surface area contributed by atoms with Crippen LogP contribution in [0.2, 0.25) is 0 Å². The molecule has 2 rings (SSSR count). The molecule has 0 bridgehead atoms. The van der Waals surface area contributed by atoms with Crippen LogP contribution < -0.4 is 4.90 Å². The smallest absolute Gasteiger partial charge is 0.0363 e.